The number of carboxylic acid groups (broad SMARTS) is 1. The highest BCUT2D eigenvalue weighted by molar-refractivity contribution is 5.99. The van der Waals surface area contributed by atoms with Gasteiger partial charge in [0.1, 0.15) is 6.04 Å². The lowest BCUT2D eigenvalue weighted by atomic mass is 9.83. The van der Waals surface area contributed by atoms with Crippen molar-refractivity contribution in [3.63, 3.8) is 0 Å². The monoisotopic (exact) mass is 364 g/mol. The van der Waals surface area contributed by atoms with Crippen LogP contribution in [0.2, 0.25) is 0 Å². The number of para-hydroxylation sites is 1. The molecule has 0 aliphatic rings. The van der Waals surface area contributed by atoms with E-state index < -0.39 is 17.4 Å². The average Bonchev–Trinajstić information content (AvgIpc) is 2.99. The molecule has 5 nitrogen and oxygen atoms in total. The minimum absolute atomic E-state index is 0.0700. The van der Waals surface area contributed by atoms with Gasteiger partial charge in [0.15, 0.2) is 0 Å². The van der Waals surface area contributed by atoms with Crippen molar-refractivity contribution in [3.05, 3.63) is 71.4 Å². The molecule has 0 aliphatic carbocycles. The van der Waals surface area contributed by atoms with Gasteiger partial charge in [-0.05, 0) is 38.0 Å². The summed E-state index contributed by atoms with van der Waals surface area (Å²) in [5, 5.41) is 9.99. The summed E-state index contributed by atoms with van der Waals surface area (Å²) < 4.78 is 1.63. The molecule has 1 unspecified atom stereocenters. The van der Waals surface area contributed by atoms with Crippen LogP contribution in [0, 0.1) is 6.92 Å². The second-order valence-corrected chi connectivity index (χ2v) is 7.49. The lowest BCUT2D eigenvalue weighted by Crippen LogP contribution is -2.34. The first-order chi connectivity index (χ1) is 12.7. The zero-order chi connectivity index (χ0) is 19.8. The minimum Gasteiger partial charge on any atom is -0.480 e. The van der Waals surface area contributed by atoms with Crippen molar-refractivity contribution in [3.8, 4) is 0 Å². The van der Waals surface area contributed by atoms with E-state index in [1.165, 1.54) is 0 Å². The summed E-state index contributed by atoms with van der Waals surface area (Å²) in [6.45, 7) is 5.81. The van der Waals surface area contributed by atoms with E-state index in [4.69, 9.17) is 10.8 Å². The number of hydrogen-bond acceptors (Lipinski definition) is 3. The van der Waals surface area contributed by atoms with Gasteiger partial charge in [-0.15, -0.1) is 0 Å². The van der Waals surface area contributed by atoms with E-state index in [9.17, 15) is 9.59 Å². The summed E-state index contributed by atoms with van der Waals surface area (Å²) >= 11 is 0. The number of rotatable bonds is 5. The maximum atomic E-state index is 13.4. The molecule has 1 atom stereocenters. The molecule has 3 N–H and O–H groups in total. The first-order valence-corrected chi connectivity index (χ1v) is 8.91. The summed E-state index contributed by atoms with van der Waals surface area (Å²) in [6, 6.07) is 14.4. The molecule has 0 aliphatic heterocycles. The fourth-order valence-corrected chi connectivity index (χ4v) is 3.36. The third-order valence-corrected chi connectivity index (χ3v) is 5.04. The van der Waals surface area contributed by atoms with Crippen LogP contribution in [-0.4, -0.2) is 27.6 Å². The van der Waals surface area contributed by atoms with Gasteiger partial charge in [-0.1, -0.05) is 48.0 Å². The van der Waals surface area contributed by atoms with Crippen LogP contribution in [0.4, 0.5) is 0 Å². The van der Waals surface area contributed by atoms with E-state index in [2.05, 4.69) is 0 Å². The molecule has 140 valence electrons. The zero-order valence-corrected chi connectivity index (χ0v) is 15.8. The number of carbonyl (C=O) groups is 2. The second-order valence-electron chi connectivity index (χ2n) is 7.49. The Labute approximate surface area is 158 Å². The number of nitrogens with zero attached hydrogens (tertiary/aromatic N) is 1. The van der Waals surface area contributed by atoms with Gasteiger partial charge < -0.3 is 10.8 Å². The summed E-state index contributed by atoms with van der Waals surface area (Å²) in [7, 11) is 0. The first kappa shape index (κ1) is 18.9. The normalized spacial score (nSPS) is 12.9. The lowest BCUT2D eigenvalue weighted by molar-refractivity contribution is -0.138. The largest absolute Gasteiger partial charge is 0.480 e. The molecule has 3 rings (SSSR count). The maximum absolute atomic E-state index is 13.4. The Hall–Kier alpha value is -2.92. The SMILES string of the molecule is Cc1cccc(C(C)(C)C(=O)n2cc(CC(N)C(=O)O)c3ccccc32)c1. The van der Waals surface area contributed by atoms with Crippen LogP contribution in [0.25, 0.3) is 10.9 Å². The van der Waals surface area contributed by atoms with Crippen molar-refractivity contribution in [1.82, 2.24) is 4.57 Å². The van der Waals surface area contributed by atoms with Crippen LogP contribution in [0.5, 0.6) is 0 Å². The van der Waals surface area contributed by atoms with Crippen LogP contribution in [0.15, 0.2) is 54.7 Å². The predicted octanol–water partition coefficient (Wildman–Crippen LogP) is 3.52. The van der Waals surface area contributed by atoms with Crippen LogP contribution in [-0.2, 0) is 16.6 Å². The van der Waals surface area contributed by atoms with Gasteiger partial charge in [0.05, 0.1) is 10.9 Å². The Bertz CT molecular complexity index is 1020. The quantitative estimate of drug-likeness (QED) is 0.725. The van der Waals surface area contributed by atoms with Gasteiger partial charge in [-0.25, -0.2) is 0 Å². The summed E-state index contributed by atoms with van der Waals surface area (Å²) in [6.07, 6.45) is 1.90. The van der Waals surface area contributed by atoms with Crippen molar-refractivity contribution in [2.45, 2.75) is 38.6 Å². The van der Waals surface area contributed by atoms with Crippen LogP contribution in [0.1, 0.15) is 35.3 Å². The Balaban J connectivity index is 2.08. The van der Waals surface area contributed by atoms with Crippen molar-refractivity contribution in [1.29, 1.82) is 0 Å². The van der Waals surface area contributed by atoms with Gasteiger partial charge in [0.25, 0.3) is 0 Å². The molecule has 5 heteroatoms. The lowest BCUT2D eigenvalue weighted by Gasteiger charge is -2.25. The summed E-state index contributed by atoms with van der Waals surface area (Å²) in [4.78, 5) is 24.6. The number of nitrogens with two attached hydrogens (primary N) is 1. The number of hydrogen-bond donors (Lipinski definition) is 2. The zero-order valence-electron chi connectivity index (χ0n) is 15.8. The number of carboxylic acids is 1. The van der Waals surface area contributed by atoms with Crippen LogP contribution < -0.4 is 5.73 Å². The fourth-order valence-electron chi connectivity index (χ4n) is 3.36. The van der Waals surface area contributed by atoms with Crippen LogP contribution in [0.3, 0.4) is 0 Å². The molecule has 1 heterocycles. The standard InChI is InChI=1S/C22H24N2O3/c1-14-7-6-8-16(11-14)22(2,3)21(27)24-13-15(12-18(23)20(25)26)17-9-4-5-10-19(17)24/h4-11,13,18H,12,23H2,1-3H3,(H,25,26). The van der Waals surface area contributed by atoms with E-state index in [-0.39, 0.29) is 12.3 Å². The number of aryl methyl sites for hydroxylation is 1. The highest BCUT2D eigenvalue weighted by atomic mass is 16.4. The number of carbonyl (C=O) groups excluding carboxylic acids is 1. The van der Waals surface area contributed by atoms with Crippen molar-refractivity contribution < 1.29 is 14.7 Å². The highest BCUT2D eigenvalue weighted by Crippen LogP contribution is 2.30. The van der Waals surface area contributed by atoms with E-state index in [1.54, 1.807) is 10.8 Å². The Morgan fingerprint density at radius 1 is 1.15 bits per heavy atom. The molecule has 2 aromatic carbocycles. The van der Waals surface area contributed by atoms with Crippen molar-refractivity contribution in [2.75, 3.05) is 0 Å². The Morgan fingerprint density at radius 3 is 2.52 bits per heavy atom. The molecule has 27 heavy (non-hydrogen) atoms. The second kappa shape index (κ2) is 7.00. The number of aromatic nitrogens is 1. The molecular weight excluding hydrogens is 340 g/mol. The third kappa shape index (κ3) is 3.51. The van der Waals surface area contributed by atoms with E-state index in [0.29, 0.717) is 0 Å². The molecule has 0 saturated carbocycles. The molecule has 0 saturated heterocycles. The minimum atomic E-state index is -1.06. The summed E-state index contributed by atoms with van der Waals surface area (Å²) in [5.74, 6) is -1.13. The molecular formula is C22H24N2O3. The number of aliphatic carboxylic acids is 1. The smallest absolute Gasteiger partial charge is 0.320 e. The highest BCUT2D eigenvalue weighted by Gasteiger charge is 2.32. The molecule has 0 fully saturated rings. The third-order valence-electron chi connectivity index (χ3n) is 5.04. The van der Waals surface area contributed by atoms with Crippen LogP contribution >= 0.6 is 0 Å². The molecule has 0 amide bonds. The molecule has 0 radical (unpaired) electrons. The van der Waals surface area contributed by atoms with Crippen molar-refractivity contribution >= 4 is 22.8 Å². The number of benzene rings is 2. The van der Waals surface area contributed by atoms with E-state index in [0.717, 1.165) is 27.6 Å². The summed E-state index contributed by atoms with van der Waals surface area (Å²) in [5.41, 5.74) is 8.54. The Morgan fingerprint density at radius 2 is 1.85 bits per heavy atom. The Kier molecular flexibility index (Phi) is 4.89. The van der Waals surface area contributed by atoms with Gasteiger partial charge in [-0.3, -0.25) is 14.2 Å². The molecule has 3 aromatic rings. The molecule has 0 bridgehead atoms. The van der Waals surface area contributed by atoms with Gasteiger partial charge >= 0.3 is 5.97 Å². The first-order valence-electron chi connectivity index (χ1n) is 8.91. The van der Waals surface area contributed by atoms with Crippen molar-refractivity contribution in [2.24, 2.45) is 5.73 Å². The molecule has 0 spiro atoms. The van der Waals surface area contributed by atoms with Gasteiger partial charge in [-0.2, -0.15) is 0 Å². The predicted molar refractivity (Wildman–Crippen MR) is 106 cm³/mol. The maximum Gasteiger partial charge on any atom is 0.320 e. The van der Waals surface area contributed by atoms with E-state index in [1.807, 2.05) is 69.3 Å². The van der Waals surface area contributed by atoms with Gasteiger partial charge in [0, 0.05) is 18.0 Å². The number of fused-ring (bicyclic) bond motifs is 1. The average molecular weight is 364 g/mol. The fraction of sp³-hybridized carbons (Fsp3) is 0.273. The molecule has 1 aromatic heterocycles. The van der Waals surface area contributed by atoms with E-state index >= 15 is 0 Å². The topological polar surface area (TPSA) is 85.3 Å². The van der Waals surface area contributed by atoms with Gasteiger partial charge in [0.2, 0.25) is 5.91 Å².